The first kappa shape index (κ1) is 14.1. The zero-order valence-electron chi connectivity index (χ0n) is 10.8. The molecule has 1 aromatic rings. The molecular formula is C14H21F2N. The van der Waals surface area contributed by atoms with E-state index in [1.54, 1.807) is 0 Å². The number of rotatable bonds is 6. The van der Waals surface area contributed by atoms with Gasteiger partial charge in [0.25, 0.3) is 0 Å². The molecule has 17 heavy (non-hydrogen) atoms. The van der Waals surface area contributed by atoms with Crippen molar-refractivity contribution in [1.29, 1.82) is 0 Å². The van der Waals surface area contributed by atoms with Crippen molar-refractivity contribution in [3.8, 4) is 0 Å². The van der Waals surface area contributed by atoms with Crippen molar-refractivity contribution in [1.82, 2.24) is 5.32 Å². The lowest BCUT2D eigenvalue weighted by atomic mass is 9.96. The first-order valence-electron chi connectivity index (χ1n) is 6.23. The number of benzene rings is 1. The molecule has 0 saturated carbocycles. The van der Waals surface area contributed by atoms with E-state index in [2.05, 4.69) is 26.1 Å². The Morgan fingerprint density at radius 2 is 1.94 bits per heavy atom. The van der Waals surface area contributed by atoms with Crippen LogP contribution in [-0.4, -0.2) is 6.54 Å². The normalized spacial score (nSPS) is 13.1. The van der Waals surface area contributed by atoms with Gasteiger partial charge in [0, 0.05) is 11.6 Å². The fourth-order valence-corrected chi connectivity index (χ4v) is 1.89. The van der Waals surface area contributed by atoms with E-state index >= 15 is 0 Å². The van der Waals surface area contributed by atoms with Gasteiger partial charge < -0.3 is 5.32 Å². The Hall–Kier alpha value is -0.960. The van der Waals surface area contributed by atoms with Crippen molar-refractivity contribution in [3.63, 3.8) is 0 Å². The molecular weight excluding hydrogens is 220 g/mol. The lowest BCUT2D eigenvalue weighted by Crippen LogP contribution is -2.24. The third-order valence-corrected chi connectivity index (χ3v) is 2.68. The van der Waals surface area contributed by atoms with E-state index in [1.807, 2.05) is 0 Å². The molecule has 1 atom stereocenters. The van der Waals surface area contributed by atoms with Crippen LogP contribution in [-0.2, 0) is 0 Å². The van der Waals surface area contributed by atoms with Crippen molar-refractivity contribution in [2.45, 2.75) is 39.7 Å². The largest absolute Gasteiger partial charge is 0.310 e. The van der Waals surface area contributed by atoms with Crippen LogP contribution in [0, 0.1) is 17.6 Å². The average molecular weight is 241 g/mol. The first-order valence-corrected chi connectivity index (χ1v) is 6.23. The predicted octanol–water partition coefficient (Wildman–Crippen LogP) is 4.05. The SMILES string of the molecule is CCCNC(CC(C)C)c1cc(F)ccc1F. The van der Waals surface area contributed by atoms with E-state index in [4.69, 9.17) is 0 Å². The molecule has 0 aliphatic heterocycles. The van der Waals surface area contributed by atoms with Gasteiger partial charge in [0.2, 0.25) is 0 Å². The maximum Gasteiger partial charge on any atom is 0.128 e. The number of hydrogen-bond donors (Lipinski definition) is 1. The average Bonchev–Trinajstić information content (AvgIpc) is 2.27. The van der Waals surface area contributed by atoms with Crippen LogP contribution in [0.2, 0.25) is 0 Å². The summed E-state index contributed by atoms with van der Waals surface area (Å²) < 4.78 is 26.9. The van der Waals surface area contributed by atoms with Crippen LogP contribution in [0.25, 0.3) is 0 Å². The highest BCUT2D eigenvalue weighted by Crippen LogP contribution is 2.24. The quantitative estimate of drug-likeness (QED) is 0.792. The van der Waals surface area contributed by atoms with Gasteiger partial charge in [-0.25, -0.2) is 8.78 Å². The van der Waals surface area contributed by atoms with Crippen molar-refractivity contribution in [2.75, 3.05) is 6.54 Å². The lowest BCUT2D eigenvalue weighted by Gasteiger charge is -2.21. The number of halogens is 2. The molecule has 0 aliphatic carbocycles. The topological polar surface area (TPSA) is 12.0 Å². The molecule has 0 aromatic heterocycles. The Bertz CT molecular complexity index is 350. The third kappa shape index (κ3) is 4.43. The Labute approximate surface area is 102 Å². The van der Waals surface area contributed by atoms with Crippen molar-refractivity contribution in [2.24, 2.45) is 5.92 Å². The molecule has 0 amide bonds. The van der Waals surface area contributed by atoms with Crippen LogP contribution in [0.3, 0.4) is 0 Å². The van der Waals surface area contributed by atoms with Gasteiger partial charge in [-0.1, -0.05) is 20.8 Å². The summed E-state index contributed by atoms with van der Waals surface area (Å²) in [6.07, 6.45) is 1.78. The summed E-state index contributed by atoms with van der Waals surface area (Å²) in [6.45, 7) is 7.03. The summed E-state index contributed by atoms with van der Waals surface area (Å²) in [5.74, 6) is -0.277. The van der Waals surface area contributed by atoms with Gasteiger partial charge >= 0.3 is 0 Å². The fourth-order valence-electron chi connectivity index (χ4n) is 1.89. The maximum absolute atomic E-state index is 13.7. The molecule has 0 fully saturated rings. The van der Waals surface area contributed by atoms with Crippen LogP contribution in [0.15, 0.2) is 18.2 Å². The molecule has 0 heterocycles. The minimum absolute atomic E-state index is 0.106. The molecule has 1 rings (SSSR count). The summed E-state index contributed by atoms with van der Waals surface area (Å²) in [4.78, 5) is 0. The van der Waals surface area contributed by atoms with Crippen molar-refractivity contribution in [3.05, 3.63) is 35.4 Å². The second kappa shape index (κ2) is 6.70. The van der Waals surface area contributed by atoms with Gasteiger partial charge in [-0.2, -0.15) is 0 Å². The van der Waals surface area contributed by atoms with Crippen LogP contribution >= 0.6 is 0 Å². The second-order valence-electron chi connectivity index (χ2n) is 4.80. The van der Waals surface area contributed by atoms with Crippen molar-refractivity contribution < 1.29 is 8.78 Å². The first-order chi connectivity index (χ1) is 8.04. The van der Waals surface area contributed by atoms with Gasteiger partial charge in [0.1, 0.15) is 11.6 Å². The van der Waals surface area contributed by atoms with Gasteiger partial charge in [0.15, 0.2) is 0 Å². The molecule has 3 heteroatoms. The summed E-state index contributed by atoms with van der Waals surface area (Å²) in [6, 6.07) is 3.55. The highest BCUT2D eigenvalue weighted by Gasteiger charge is 2.17. The highest BCUT2D eigenvalue weighted by atomic mass is 19.1. The van der Waals surface area contributed by atoms with E-state index in [-0.39, 0.29) is 17.7 Å². The third-order valence-electron chi connectivity index (χ3n) is 2.68. The predicted molar refractivity (Wildman–Crippen MR) is 66.8 cm³/mol. The molecule has 1 nitrogen and oxygen atoms in total. The Morgan fingerprint density at radius 1 is 1.24 bits per heavy atom. The number of nitrogens with one attached hydrogen (secondary N) is 1. The molecule has 0 radical (unpaired) electrons. The van der Waals surface area contributed by atoms with Gasteiger partial charge in [-0.05, 0) is 43.5 Å². The maximum atomic E-state index is 13.7. The minimum Gasteiger partial charge on any atom is -0.310 e. The Kier molecular flexibility index (Phi) is 5.56. The van der Waals surface area contributed by atoms with E-state index < -0.39 is 0 Å². The Morgan fingerprint density at radius 3 is 2.53 bits per heavy atom. The lowest BCUT2D eigenvalue weighted by molar-refractivity contribution is 0.414. The smallest absolute Gasteiger partial charge is 0.128 e. The molecule has 0 saturated heterocycles. The van der Waals surface area contributed by atoms with Crippen LogP contribution in [0.4, 0.5) is 8.78 Å². The highest BCUT2D eigenvalue weighted by molar-refractivity contribution is 5.22. The molecule has 1 N–H and O–H groups in total. The van der Waals surface area contributed by atoms with Crippen LogP contribution < -0.4 is 5.32 Å². The summed E-state index contributed by atoms with van der Waals surface area (Å²) in [5, 5.41) is 3.28. The van der Waals surface area contributed by atoms with E-state index in [0.717, 1.165) is 25.5 Å². The fraction of sp³-hybridized carbons (Fsp3) is 0.571. The summed E-state index contributed by atoms with van der Waals surface area (Å²) in [5.41, 5.74) is 0.437. The minimum atomic E-state index is -0.381. The standard InChI is InChI=1S/C14H21F2N/c1-4-7-17-14(8-10(2)3)12-9-11(15)5-6-13(12)16/h5-6,9-10,14,17H,4,7-8H2,1-3H3. The Balaban J connectivity index is 2.90. The van der Waals surface area contributed by atoms with Crippen LogP contribution in [0.1, 0.15) is 45.2 Å². The zero-order chi connectivity index (χ0) is 12.8. The van der Waals surface area contributed by atoms with Gasteiger partial charge in [-0.3, -0.25) is 0 Å². The second-order valence-corrected chi connectivity index (χ2v) is 4.80. The molecule has 0 spiro atoms. The summed E-state index contributed by atoms with van der Waals surface area (Å²) in [7, 11) is 0. The molecule has 1 aromatic carbocycles. The molecule has 96 valence electrons. The summed E-state index contributed by atoms with van der Waals surface area (Å²) >= 11 is 0. The van der Waals surface area contributed by atoms with E-state index in [9.17, 15) is 8.78 Å². The molecule has 1 unspecified atom stereocenters. The van der Waals surface area contributed by atoms with E-state index in [0.29, 0.717) is 11.5 Å². The zero-order valence-corrected chi connectivity index (χ0v) is 10.8. The van der Waals surface area contributed by atoms with Crippen LogP contribution in [0.5, 0.6) is 0 Å². The van der Waals surface area contributed by atoms with E-state index in [1.165, 1.54) is 12.1 Å². The van der Waals surface area contributed by atoms with Gasteiger partial charge in [-0.15, -0.1) is 0 Å². The van der Waals surface area contributed by atoms with Gasteiger partial charge in [0.05, 0.1) is 0 Å². The monoisotopic (exact) mass is 241 g/mol. The molecule has 0 bridgehead atoms. The molecule has 0 aliphatic rings. The number of hydrogen-bond acceptors (Lipinski definition) is 1. The van der Waals surface area contributed by atoms with Crippen molar-refractivity contribution >= 4 is 0 Å².